The predicted molar refractivity (Wildman–Crippen MR) is 146 cm³/mol. The topological polar surface area (TPSA) is 92.3 Å². The molecule has 1 saturated heterocycles. The molecule has 9 nitrogen and oxygen atoms in total. The van der Waals surface area contributed by atoms with Crippen molar-refractivity contribution >= 4 is 42.6 Å². The summed E-state index contributed by atoms with van der Waals surface area (Å²) in [6.45, 7) is 4.24. The van der Waals surface area contributed by atoms with Gasteiger partial charge in [-0.1, -0.05) is 17.4 Å². The van der Waals surface area contributed by atoms with Crippen LogP contribution in [-0.2, 0) is 14.8 Å². The van der Waals surface area contributed by atoms with Gasteiger partial charge in [-0.15, -0.1) is 0 Å². The molecule has 37 heavy (non-hydrogen) atoms. The van der Waals surface area contributed by atoms with E-state index in [1.54, 1.807) is 36.3 Å². The van der Waals surface area contributed by atoms with Crippen LogP contribution in [0.3, 0.4) is 0 Å². The number of hydrogen-bond acceptors (Lipinski definition) is 8. The second kappa shape index (κ2) is 11.8. The molecule has 1 amide bonds. The minimum atomic E-state index is -3.64. The third-order valence-electron chi connectivity index (χ3n) is 6.44. The van der Waals surface area contributed by atoms with E-state index in [4.69, 9.17) is 14.5 Å². The van der Waals surface area contributed by atoms with E-state index in [1.165, 1.54) is 15.6 Å². The van der Waals surface area contributed by atoms with E-state index >= 15 is 0 Å². The monoisotopic (exact) mass is 546 g/mol. The van der Waals surface area contributed by atoms with Gasteiger partial charge in [-0.05, 0) is 70.3 Å². The van der Waals surface area contributed by atoms with Crippen LogP contribution in [-0.4, -0.2) is 82.5 Å². The van der Waals surface area contributed by atoms with Crippen LogP contribution in [0.5, 0.6) is 11.5 Å². The Balaban J connectivity index is 1.51. The van der Waals surface area contributed by atoms with Crippen LogP contribution < -0.4 is 14.4 Å². The highest BCUT2D eigenvalue weighted by Crippen LogP contribution is 2.36. The molecular weight excluding hydrogens is 512 g/mol. The number of thiazole rings is 1. The number of likely N-dealkylation sites (N-methyl/N-ethyl adjacent to an activating group) is 1. The summed E-state index contributed by atoms with van der Waals surface area (Å²) in [4.78, 5) is 22.6. The Hall–Kier alpha value is -2.73. The highest BCUT2D eigenvalue weighted by molar-refractivity contribution is 7.89. The molecule has 0 unspecified atom stereocenters. The minimum Gasteiger partial charge on any atom is -0.497 e. The first-order valence-electron chi connectivity index (χ1n) is 12.4. The lowest BCUT2D eigenvalue weighted by Crippen LogP contribution is -2.46. The molecule has 0 radical (unpaired) electrons. The Morgan fingerprint density at radius 2 is 1.81 bits per heavy atom. The number of piperidine rings is 1. The fourth-order valence-corrected chi connectivity index (χ4v) is 6.84. The molecule has 4 rings (SSSR count). The third-order valence-corrected chi connectivity index (χ3v) is 9.40. The first-order chi connectivity index (χ1) is 17.7. The van der Waals surface area contributed by atoms with E-state index in [0.29, 0.717) is 62.3 Å². The lowest BCUT2D eigenvalue weighted by Gasteiger charge is -2.33. The zero-order valence-electron chi connectivity index (χ0n) is 21.7. The van der Waals surface area contributed by atoms with Crippen LogP contribution in [0.2, 0.25) is 0 Å². The fourth-order valence-electron chi connectivity index (χ4n) is 4.36. The molecule has 2 aromatic carbocycles. The first kappa shape index (κ1) is 27.3. The Kier molecular flexibility index (Phi) is 8.68. The maximum atomic E-state index is 13.8. The Labute approximate surface area is 222 Å². The van der Waals surface area contributed by atoms with Crippen molar-refractivity contribution in [1.82, 2.24) is 14.2 Å². The number of hydrogen-bond donors (Lipinski definition) is 0. The average molecular weight is 547 g/mol. The van der Waals surface area contributed by atoms with Gasteiger partial charge in [0.05, 0.1) is 23.3 Å². The zero-order chi connectivity index (χ0) is 26.6. The number of carbonyl (C=O) groups is 1. The molecule has 2 heterocycles. The summed E-state index contributed by atoms with van der Waals surface area (Å²) in [5, 5.41) is 0.641. The number of methoxy groups -OCH3 is 1. The van der Waals surface area contributed by atoms with Crippen molar-refractivity contribution in [3.63, 3.8) is 0 Å². The molecule has 0 bridgehead atoms. The zero-order valence-corrected chi connectivity index (χ0v) is 23.3. The van der Waals surface area contributed by atoms with Crippen LogP contribution in [0, 0.1) is 5.92 Å². The summed E-state index contributed by atoms with van der Waals surface area (Å²) in [6.07, 6.45) is 0.920. The molecule has 0 N–H and O–H groups in total. The van der Waals surface area contributed by atoms with Crippen molar-refractivity contribution in [3.8, 4) is 11.5 Å². The lowest BCUT2D eigenvalue weighted by molar-refractivity contribution is -0.123. The number of para-hydroxylation sites is 1. The molecule has 3 aromatic rings. The van der Waals surface area contributed by atoms with Gasteiger partial charge in [0, 0.05) is 32.1 Å². The van der Waals surface area contributed by atoms with Crippen molar-refractivity contribution in [2.45, 2.75) is 24.7 Å². The van der Waals surface area contributed by atoms with Crippen LogP contribution in [0.1, 0.15) is 19.8 Å². The van der Waals surface area contributed by atoms with Gasteiger partial charge >= 0.3 is 0 Å². The van der Waals surface area contributed by atoms with Crippen molar-refractivity contribution < 1.29 is 22.7 Å². The van der Waals surface area contributed by atoms with E-state index in [1.807, 2.05) is 44.1 Å². The van der Waals surface area contributed by atoms with E-state index in [0.717, 1.165) is 10.2 Å². The molecule has 200 valence electrons. The maximum Gasteiger partial charge on any atom is 0.243 e. The molecule has 0 atom stereocenters. The first-order valence-corrected chi connectivity index (χ1v) is 14.6. The number of amides is 1. The molecule has 1 fully saturated rings. The molecule has 1 aromatic heterocycles. The Bertz CT molecular complexity index is 1320. The molecule has 1 aliphatic heterocycles. The summed E-state index contributed by atoms with van der Waals surface area (Å²) >= 11 is 1.47. The van der Waals surface area contributed by atoms with Gasteiger partial charge in [-0.2, -0.15) is 4.31 Å². The minimum absolute atomic E-state index is 0.0136. The van der Waals surface area contributed by atoms with Gasteiger partial charge in [0.15, 0.2) is 5.13 Å². The van der Waals surface area contributed by atoms with Gasteiger partial charge in [0.2, 0.25) is 15.9 Å². The molecule has 0 aliphatic carbocycles. The maximum absolute atomic E-state index is 13.8. The fraction of sp³-hybridized carbons (Fsp3) is 0.462. The van der Waals surface area contributed by atoms with Crippen molar-refractivity contribution in [3.05, 3.63) is 42.5 Å². The second-order valence-electron chi connectivity index (χ2n) is 9.18. The van der Waals surface area contributed by atoms with Crippen molar-refractivity contribution in [1.29, 1.82) is 0 Å². The third kappa shape index (κ3) is 6.06. The number of sulfonamides is 1. The van der Waals surface area contributed by atoms with E-state index in [9.17, 15) is 13.2 Å². The van der Waals surface area contributed by atoms with Gasteiger partial charge in [-0.25, -0.2) is 13.4 Å². The van der Waals surface area contributed by atoms with Crippen molar-refractivity contribution in [2.24, 2.45) is 5.92 Å². The summed E-state index contributed by atoms with van der Waals surface area (Å²) in [5.74, 6) is 1.02. The van der Waals surface area contributed by atoms with Crippen LogP contribution >= 0.6 is 11.3 Å². The van der Waals surface area contributed by atoms with Crippen LogP contribution in [0.25, 0.3) is 10.2 Å². The van der Waals surface area contributed by atoms with Gasteiger partial charge in [0.1, 0.15) is 17.0 Å². The van der Waals surface area contributed by atoms with Crippen LogP contribution in [0.4, 0.5) is 5.13 Å². The SMILES string of the molecule is CCOc1cccc2sc(N(CCN(C)C)C(=O)C3CCN(S(=O)(=O)c4ccc(OC)cc4)CC3)nc12. The second-order valence-corrected chi connectivity index (χ2v) is 12.1. The number of anilines is 1. The highest BCUT2D eigenvalue weighted by atomic mass is 32.2. The molecular formula is C26H34N4O5S2. The normalized spacial score (nSPS) is 15.3. The number of carbonyl (C=O) groups excluding carboxylic acids is 1. The Morgan fingerprint density at radius 1 is 1.11 bits per heavy atom. The summed E-state index contributed by atoms with van der Waals surface area (Å²) in [6, 6.07) is 12.2. The summed E-state index contributed by atoms with van der Waals surface area (Å²) in [7, 11) is 1.84. The standard InChI is InChI=1S/C26H34N4O5S2/c1-5-35-22-7-6-8-23-24(22)27-26(36-23)30(18-17-28(2)3)25(31)19-13-15-29(16-14-19)37(32,33)21-11-9-20(34-4)10-12-21/h6-12,19H,5,13-18H2,1-4H3. The van der Waals surface area contributed by atoms with Gasteiger partial charge in [-0.3, -0.25) is 9.69 Å². The van der Waals surface area contributed by atoms with E-state index < -0.39 is 10.0 Å². The van der Waals surface area contributed by atoms with E-state index in [2.05, 4.69) is 0 Å². The molecule has 11 heteroatoms. The highest BCUT2D eigenvalue weighted by Gasteiger charge is 2.35. The number of benzene rings is 2. The predicted octanol–water partition coefficient (Wildman–Crippen LogP) is 3.70. The lowest BCUT2D eigenvalue weighted by atomic mass is 9.96. The number of rotatable bonds is 10. The number of fused-ring (bicyclic) bond motifs is 1. The van der Waals surface area contributed by atoms with Gasteiger partial charge < -0.3 is 14.4 Å². The van der Waals surface area contributed by atoms with Crippen molar-refractivity contribution in [2.75, 3.05) is 58.9 Å². The van der Waals surface area contributed by atoms with E-state index in [-0.39, 0.29) is 16.7 Å². The summed E-state index contributed by atoms with van der Waals surface area (Å²) in [5.41, 5.74) is 0.757. The average Bonchev–Trinajstić information content (AvgIpc) is 3.34. The summed E-state index contributed by atoms with van der Waals surface area (Å²) < 4.78 is 39.6. The Morgan fingerprint density at radius 3 is 2.43 bits per heavy atom. The number of ether oxygens (including phenoxy) is 2. The molecule has 0 saturated carbocycles. The number of aromatic nitrogens is 1. The number of nitrogens with zero attached hydrogens (tertiary/aromatic N) is 4. The van der Waals surface area contributed by atoms with Gasteiger partial charge in [0.25, 0.3) is 0 Å². The smallest absolute Gasteiger partial charge is 0.243 e. The molecule has 1 aliphatic rings. The quantitative estimate of drug-likeness (QED) is 0.383. The van der Waals surface area contributed by atoms with Crippen LogP contribution in [0.15, 0.2) is 47.4 Å². The largest absolute Gasteiger partial charge is 0.497 e. The molecule has 0 spiro atoms.